The third-order valence-corrected chi connectivity index (χ3v) is 2.42. The van der Waals surface area contributed by atoms with E-state index in [1.807, 2.05) is 13.8 Å². The van der Waals surface area contributed by atoms with E-state index in [0.29, 0.717) is 17.7 Å². The van der Waals surface area contributed by atoms with E-state index in [0.717, 1.165) is 0 Å². The largest absolute Gasteiger partial charge is 0.508 e. The number of aliphatic hydroxyl groups excluding tert-OH is 1. The Hall–Kier alpha value is -1.22. The summed E-state index contributed by atoms with van der Waals surface area (Å²) in [5, 5.41) is 19.1. The predicted molar refractivity (Wildman–Crippen MR) is 52.4 cm³/mol. The Labute approximate surface area is 83.0 Å². The molecule has 0 bridgehead atoms. The first kappa shape index (κ1) is 9.34. The van der Waals surface area contributed by atoms with E-state index >= 15 is 0 Å². The fourth-order valence-corrected chi connectivity index (χ4v) is 1.80. The molecule has 0 spiro atoms. The number of benzene rings is 1. The maximum absolute atomic E-state index is 9.83. The highest BCUT2D eigenvalue weighted by Gasteiger charge is 2.32. The Morgan fingerprint density at radius 1 is 1.43 bits per heavy atom. The number of hydrogen-bond donors (Lipinski definition) is 2. The second kappa shape index (κ2) is 2.89. The summed E-state index contributed by atoms with van der Waals surface area (Å²) >= 11 is 0. The Morgan fingerprint density at radius 2 is 2.14 bits per heavy atom. The third kappa shape index (κ3) is 1.55. The van der Waals surface area contributed by atoms with Gasteiger partial charge in [-0.25, -0.2) is 0 Å². The number of phenols is 1. The highest BCUT2D eigenvalue weighted by atomic mass is 16.5. The smallest absolute Gasteiger partial charge is 0.126 e. The van der Waals surface area contributed by atoms with Crippen LogP contribution in [0.2, 0.25) is 0 Å². The molecule has 0 fully saturated rings. The molecule has 76 valence electrons. The summed E-state index contributed by atoms with van der Waals surface area (Å²) in [5.41, 5.74) is 0.327. The summed E-state index contributed by atoms with van der Waals surface area (Å²) in [6.07, 6.45) is -0.00968. The topological polar surface area (TPSA) is 49.7 Å². The van der Waals surface area contributed by atoms with Gasteiger partial charge in [0.2, 0.25) is 0 Å². The van der Waals surface area contributed by atoms with Crippen LogP contribution in [0.5, 0.6) is 11.5 Å². The van der Waals surface area contributed by atoms with Crippen molar-refractivity contribution in [1.82, 2.24) is 0 Å². The lowest BCUT2D eigenvalue weighted by Gasteiger charge is -2.35. The average Bonchev–Trinajstić information content (AvgIpc) is 2.05. The molecule has 1 aliphatic rings. The molecule has 1 heterocycles. The highest BCUT2D eigenvalue weighted by molar-refractivity contribution is 5.42. The minimum absolute atomic E-state index is 0.158. The molecule has 0 saturated carbocycles. The summed E-state index contributed by atoms with van der Waals surface area (Å²) in [5.74, 6) is 0.817. The van der Waals surface area contributed by atoms with E-state index in [2.05, 4.69) is 0 Å². The van der Waals surface area contributed by atoms with Gasteiger partial charge < -0.3 is 14.9 Å². The molecule has 0 radical (unpaired) electrons. The van der Waals surface area contributed by atoms with Gasteiger partial charge in [0.15, 0.2) is 0 Å². The van der Waals surface area contributed by atoms with Crippen molar-refractivity contribution in [2.75, 3.05) is 0 Å². The molecule has 0 aromatic heterocycles. The van der Waals surface area contributed by atoms with E-state index in [1.54, 1.807) is 18.2 Å². The van der Waals surface area contributed by atoms with Gasteiger partial charge in [-0.2, -0.15) is 0 Å². The van der Waals surface area contributed by atoms with Gasteiger partial charge >= 0.3 is 0 Å². The molecule has 3 nitrogen and oxygen atoms in total. The van der Waals surface area contributed by atoms with Crippen molar-refractivity contribution in [3.8, 4) is 11.5 Å². The van der Waals surface area contributed by atoms with Crippen molar-refractivity contribution in [1.29, 1.82) is 0 Å². The van der Waals surface area contributed by atoms with Crippen LogP contribution in [0, 0.1) is 0 Å². The average molecular weight is 194 g/mol. The molecule has 1 aromatic rings. The first-order valence-corrected chi connectivity index (χ1v) is 4.68. The number of aliphatic hydroxyl groups is 1. The lowest BCUT2D eigenvalue weighted by Crippen LogP contribution is -2.34. The van der Waals surface area contributed by atoms with Crippen molar-refractivity contribution < 1.29 is 14.9 Å². The molecule has 1 atom stereocenters. The molecule has 0 aliphatic carbocycles. The maximum Gasteiger partial charge on any atom is 0.126 e. The van der Waals surface area contributed by atoms with Crippen LogP contribution in [0.4, 0.5) is 0 Å². The predicted octanol–water partition coefficient (Wildman–Crippen LogP) is 1.99. The molecule has 1 aliphatic heterocycles. The second-order valence-electron chi connectivity index (χ2n) is 4.30. The van der Waals surface area contributed by atoms with Crippen molar-refractivity contribution >= 4 is 0 Å². The van der Waals surface area contributed by atoms with Gasteiger partial charge in [-0.3, -0.25) is 0 Å². The summed E-state index contributed by atoms with van der Waals surface area (Å²) in [7, 11) is 0. The minimum Gasteiger partial charge on any atom is -0.508 e. The summed E-state index contributed by atoms with van der Waals surface area (Å²) in [6, 6.07) is 4.80. The fraction of sp³-hybridized carbons (Fsp3) is 0.455. The number of fused-ring (bicyclic) bond motifs is 1. The Morgan fingerprint density at radius 3 is 2.86 bits per heavy atom. The van der Waals surface area contributed by atoms with E-state index < -0.39 is 6.10 Å². The molecule has 0 saturated heterocycles. The lowest BCUT2D eigenvalue weighted by molar-refractivity contribution is 0.0113. The number of hydrogen-bond acceptors (Lipinski definition) is 3. The van der Waals surface area contributed by atoms with Gasteiger partial charge in [-0.05, 0) is 32.0 Å². The monoisotopic (exact) mass is 194 g/mol. The van der Waals surface area contributed by atoms with Crippen molar-refractivity contribution in [3.05, 3.63) is 23.8 Å². The number of aromatic hydroxyl groups is 1. The standard InChI is InChI=1S/C11H14O3/c1-11(2)6-9(13)8-5-7(12)3-4-10(8)14-11/h3-5,9,12-13H,6H2,1-2H3/t9-/m0/s1. The molecule has 2 rings (SSSR count). The summed E-state index contributed by atoms with van der Waals surface area (Å²) < 4.78 is 5.67. The first-order valence-electron chi connectivity index (χ1n) is 4.68. The van der Waals surface area contributed by atoms with E-state index in [4.69, 9.17) is 4.74 Å². The summed E-state index contributed by atoms with van der Waals surface area (Å²) in [6.45, 7) is 3.87. The van der Waals surface area contributed by atoms with Crippen LogP contribution in [-0.4, -0.2) is 15.8 Å². The van der Waals surface area contributed by atoms with Crippen LogP contribution >= 0.6 is 0 Å². The van der Waals surface area contributed by atoms with Gasteiger partial charge in [-0.1, -0.05) is 0 Å². The van der Waals surface area contributed by atoms with Crippen LogP contribution in [0.25, 0.3) is 0 Å². The second-order valence-corrected chi connectivity index (χ2v) is 4.30. The van der Waals surface area contributed by atoms with Gasteiger partial charge in [-0.15, -0.1) is 0 Å². The Bertz CT molecular complexity index is 358. The molecule has 0 unspecified atom stereocenters. The van der Waals surface area contributed by atoms with Crippen molar-refractivity contribution in [2.45, 2.75) is 32.0 Å². The molecule has 14 heavy (non-hydrogen) atoms. The molecular formula is C11H14O3. The quantitative estimate of drug-likeness (QED) is 0.664. The van der Waals surface area contributed by atoms with Gasteiger partial charge in [0, 0.05) is 12.0 Å². The number of rotatable bonds is 0. The van der Waals surface area contributed by atoms with Crippen molar-refractivity contribution in [2.24, 2.45) is 0 Å². The van der Waals surface area contributed by atoms with E-state index in [-0.39, 0.29) is 11.4 Å². The molecule has 1 aromatic carbocycles. The van der Waals surface area contributed by atoms with Gasteiger partial charge in [0.05, 0.1) is 6.10 Å². The van der Waals surface area contributed by atoms with Gasteiger partial charge in [0.25, 0.3) is 0 Å². The van der Waals surface area contributed by atoms with E-state index in [9.17, 15) is 10.2 Å². The van der Waals surface area contributed by atoms with Crippen LogP contribution < -0.4 is 4.74 Å². The van der Waals surface area contributed by atoms with Gasteiger partial charge in [0.1, 0.15) is 17.1 Å². The van der Waals surface area contributed by atoms with Crippen LogP contribution in [0.1, 0.15) is 31.9 Å². The van der Waals surface area contributed by atoms with Crippen LogP contribution in [-0.2, 0) is 0 Å². The normalized spacial score (nSPS) is 23.8. The zero-order chi connectivity index (χ0) is 10.3. The molecular weight excluding hydrogens is 180 g/mol. The van der Waals surface area contributed by atoms with Crippen LogP contribution in [0.3, 0.4) is 0 Å². The number of phenolic OH excluding ortho intramolecular Hbond substituents is 1. The minimum atomic E-state index is -0.555. The van der Waals surface area contributed by atoms with Crippen LogP contribution in [0.15, 0.2) is 18.2 Å². The zero-order valence-corrected chi connectivity index (χ0v) is 8.32. The lowest BCUT2D eigenvalue weighted by atomic mass is 9.92. The SMILES string of the molecule is CC1(C)C[C@H](O)c2cc(O)ccc2O1. The summed E-state index contributed by atoms with van der Waals surface area (Å²) in [4.78, 5) is 0. The fourth-order valence-electron chi connectivity index (χ4n) is 1.80. The third-order valence-electron chi connectivity index (χ3n) is 2.42. The number of ether oxygens (including phenoxy) is 1. The Kier molecular flexibility index (Phi) is 1.93. The molecule has 2 N–H and O–H groups in total. The zero-order valence-electron chi connectivity index (χ0n) is 8.32. The highest BCUT2D eigenvalue weighted by Crippen LogP contribution is 2.40. The van der Waals surface area contributed by atoms with E-state index in [1.165, 1.54) is 0 Å². The van der Waals surface area contributed by atoms with Crippen molar-refractivity contribution in [3.63, 3.8) is 0 Å². The maximum atomic E-state index is 9.83. The first-order chi connectivity index (χ1) is 6.48. The molecule has 3 heteroatoms. The molecule has 0 amide bonds. The Balaban J connectivity index is 2.45.